The third kappa shape index (κ3) is 4.93. The summed E-state index contributed by atoms with van der Waals surface area (Å²) in [4.78, 5) is 11.0. The summed E-state index contributed by atoms with van der Waals surface area (Å²) in [6.45, 7) is 6.19. The molecule has 0 aliphatic carbocycles. The Labute approximate surface area is 68.3 Å². The van der Waals surface area contributed by atoms with E-state index in [1.807, 2.05) is 13.8 Å². The van der Waals surface area contributed by atoms with E-state index >= 15 is 0 Å². The van der Waals surface area contributed by atoms with E-state index in [0.717, 1.165) is 6.42 Å². The second-order valence-electron chi connectivity index (χ2n) is 3.06. The summed E-state index contributed by atoms with van der Waals surface area (Å²) in [5.41, 5.74) is 5.35. The molecule has 0 radical (unpaired) electrons. The zero-order valence-corrected chi connectivity index (χ0v) is 7.55. The zero-order chi connectivity index (χ0) is 8.85. The Morgan fingerprint density at radius 3 is 2.36 bits per heavy atom. The van der Waals surface area contributed by atoms with Gasteiger partial charge in [0.25, 0.3) is 0 Å². The van der Waals surface area contributed by atoms with Gasteiger partial charge in [0.2, 0.25) is 0 Å². The highest BCUT2D eigenvalue weighted by atomic mass is 16.1. The first-order chi connectivity index (χ1) is 5.07. The monoisotopic (exact) mass is 158 g/mol. The summed E-state index contributed by atoms with van der Waals surface area (Å²) < 4.78 is 0. The molecule has 3 N–H and O–H groups in total. The summed E-state index contributed by atoms with van der Waals surface area (Å²) in [7, 11) is 0. The number of hydrogen-bond acceptors (Lipinski definition) is 3. The number of nitrogens with two attached hydrogens (primary N) is 1. The van der Waals surface area contributed by atoms with Crippen molar-refractivity contribution in [2.75, 3.05) is 6.54 Å². The molecule has 0 aromatic rings. The molecule has 0 bridgehead atoms. The van der Waals surface area contributed by atoms with Crippen molar-refractivity contribution >= 4 is 5.78 Å². The topological polar surface area (TPSA) is 55.1 Å². The van der Waals surface area contributed by atoms with Crippen LogP contribution in [-0.4, -0.2) is 24.4 Å². The second kappa shape index (κ2) is 5.27. The molecule has 0 aromatic carbocycles. The van der Waals surface area contributed by atoms with E-state index in [-0.39, 0.29) is 11.8 Å². The fraction of sp³-hybridized carbons (Fsp3) is 0.875. The Morgan fingerprint density at radius 1 is 1.55 bits per heavy atom. The minimum Gasteiger partial charge on any atom is -0.330 e. The van der Waals surface area contributed by atoms with Crippen molar-refractivity contribution in [3.63, 3.8) is 0 Å². The molecule has 0 aromatic heterocycles. The summed E-state index contributed by atoms with van der Waals surface area (Å²) in [5, 5.41) is 3.15. The van der Waals surface area contributed by atoms with Gasteiger partial charge in [-0.2, -0.15) is 0 Å². The average molecular weight is 158 g/mol. The highest BCUT2D eigenvalue weighted by Gasteiger charge is 2.12. The molecule has 0 amide bonds. The van der Waals surface area contributed by atoms with Gasteiger partial charge in [0.1, 0.15) is 5.78 Å². The summed E-state index contributed by atoms with van der Waals surface area (Å²) in [6.07, 6.45) is 0.730. The number of rotatable bonds is 5. The number of ketones is 1. The fourth-order valence-corrected chi connectivity index (χ4v) is 0.973. The van der Waals surface area contributed by atoms with Gasteiger partial charge in [-0.3, -0.25) is 4.79 Å². The molecule has 3 nitrogen and oxygen atoms in total. The molecule has 0 aliphatic heterocycles. The van der Waals surface area contributed by atoms with Crippen LogP contribution in [0.25, 0.3) is 0 Å². The van der Waals surface area contributed by atoms with Gasteiger partial charge < -0.3 is 11.1 Å². The lowest BCUT2D eigenvalue weighted by atomic mass is 10.1. The van der Waals surface area contributed by atoms with E-state index in [1.54, 1.807) is 6.92 Å². The van der Waals surface area contributed by atoms with Gasteiger partial charge in [-0.25, -0.2) is 0 Å². The molecule has 0 heterocycles. The van der Waals surface area contributed by atoms with Crippen molar-refractivity contribution in [2.24, 2.45) is 5.73 Å². The predicted octanol–water partition coefficient (Wildman–Crippen LogP) is 0.291. The van der Waals surface area contributed by atoms with Crippen LogP contribution in [0.4, 0.5) is 0 Å². The molecule has 1 atom stereocenters. The Bertz CT molecular complexity index is 123. The molecule has 0 saturated heterocycles. The molecular formula is C8H18N2O. The van der Waals surface area contributed by atoms with Crippen LogP contribution in [0.1, 0.15) is 27.2 Å². The average Bonchev–Trinajstić information content (AvgIpc) is 1.86. The van der Waals surface area contributed by atoms with E-state index in [9.17, 15) is 4.79 Å². The van der Waals surface area contributed by atoms with E-state index in [2.05, 4.69) is 5.32 Å². The molecule has 0 saturated carbocycles. The van der Waals surface area contributed by atoms with Crippen molar-refractivity contribution in [3.8, 4) is 0 Å². The number of nitrogens with one attached hydrogen (secondary N) is 1. The quantitative estimate of drug-likeness (QED) is 0.604. The first-order valence-corrected chi connectivity index (χ1v) is 4.04. The second-order valence-corrected chi connectivity index (χ2v) is 3.06. The summed E-state index contributed by atoms with van der Waals surface area (Å²) in [6, 6.07) is 0.287. The molecule has 0 unspecified atom stereocenters. The molecule has 0 aliphatic rings. The Hall–Kier alpha value is -0.410. The minimum absolute atomic E-state index is 0.0556. The van der Waals surface area contributed by atoms with Crippen LogP contribution in [0.3, 0.4) is 0 Å². The highest BCUT2D eigenvalue weighted by molar-refractivity contribution is 5.81. The largest absolute Gasteiger partial charge is 0.330 e. The van der Waals surface area contributed by atoms with Crippen LogP contribution in [-0.2, 0) is 4.79 Å². The SMILES string of the molecule is CC(=O)[C@H](CCN)NC(C)C. The van der Waals surface area contributed by atoms with E-state index in [4.69, 9.17) is 5.73 Å². The van der Waals surface area contributed by atoms with Gasteiger partial charge >= 0.3 is 0 Å². The molecule has 0 fully saturated rings. The minimum atomic E-state index is -0.0556. The third-order valence-corrected chi connectivity index (χ3v) is 1.48. The third-order valence-electron chi connectivity index (χ3n) is 1.48. The van der Waals surface area contributed by atoms with Crippen molar-refractivity contribution in [3.05, 3.63) is 0 Å². The van der Waals surface area contributed by atoms with Crippen LogP contribution in [0.15, 0.2) is 0 Å². The van der Waals surface area contributed by atoms with Gasteiger partial charge in [0.15, 0.2) is 0 Å². The van der Waals surface area contributed by atoms with Gasteiger partial charge in [-0.15, -0.1) is 0 Å². The van der Waals surface area contributed by atoms with Gasteiger partial charge in [0.05, 0.1) is 6.04 Å². The number of carbonyl (C=O) groups is 1. The summed E-state index contributed by atoms with van der Waals surface area (Å²) in [5.74, 6) is 0.171. The molecule has 11 heavy (non-hydrogen) atoms. The summed E-state index contributed by atoms with van der Waals surface area (Å²) >= 11 is 0. The van der Waals surface area contributed by atoms with Crippen molar-refractivity contribution in [2.45, 2.75) is 39.3 Å². The standard InChI is InChI=1S/C8H18N2O/c1-6(2)10-8(4-5-9)7(3)11/h6,8,10H,4-5,9H2,1-3H3/t8-/m0/s1. The molecule has 66 valence electrons. The first kappa shape index (κ1) is 10.6. The molecule has 0 rings (SSSR count). The molecule has 3 heteroatoms. The number of carbonyl (C=O) groups excluding carboxylic acids is 1. The first-order valence-electron chi connectivity index (χ1n) is 4.04. The fourth-order valence-electron chi connectivity index (χ4n) is 0.973. The van der Waals surface area contributed by atoms with Crippen LogP contribution in [0.5, 0.6) is 0 Å². The number of Topliss-reactive ketones (excluding diaryl/α,β-unsaturated/α-hetero) is 1. The molecule has 0 spiro atoms. The maximum absolute atomic E-state index is 11.0. The van der Waals surface area contributed by atoms with Crippen molar-refractivity contribution < 1.29 is 4.79 Å². The smallest absolute Gasteiger partial charge is 0.146 e. The van der Waals surface area contributed by atoms with E-state index in [1.165, 1.54) is 0 Å². The molecular weight excluding hydrogens is 140 g/mol. The van der Waals surface area contributed by atoms with Crippen molar-refractivity contribution in [1.29, 1.82) is 0 Å². The number of hydrogen-bond donors (Lipinski definition) is 2. The van der Waals surface area contributed by atoms with E-state index in [0.29, 0.717) is 12.6 Å². The zero-order valence-electron chi connectivity index (χ0n) is 7.55. The predicted molar refractivity (Wildman–Crippen MR) is 46.4 cm³/mol. The normalized spacial score (nSPS) is 13.5. The van der Waals surface area contributed by atoms with E-state index < -0.39 is 0 Å². The van der Waals surface area contributed by atoms with Crippen LogP contribution >= 0.6 is 0 Å². The lowest BCUT2D eigenvalue weighted by Crippen LogP contribution is -2.41. The Balaban J connectivity index is 3.79. The van der Waals surface area contributed by atoms with Crippen LogP contribution in [0, 0.1) is 0 Å². The Morgan fingerprint density at radius 2 is 2.09 bits per heavy atom. The van der Waals surface area contributed by atoms with Gasteiger partial charge in [0, 0.05) is 6.04 Å². The maximum atomic E-state index is 11.0. The maximum Gasteiger partial charge on any atom is 0.146 e. The van der Waals surface area contributed by atoms with Gasteiger partial charge in [-0.1, -0.05) is 13.8 Å². The highest BCUT2D eigenvalue weighted by Crippen LogP contribution is 1.93. The van der Waals surface area contributed by atoms with Crippen molar-refractivity contribution in [1.82, 2.24) is 5.32 Å². The lowest BCUT2D eigenvalue weighted by Gasteiger charge is -2.17. The van der Waals surface area contributed by atoms with Gasteiger partial charge in [-0.05, 0) is 19.9 Å². The van der Waals surface area contributed by atoms with Crippen LogP contribution < -0.4 is 11.1 Å². The van der Waals surface area contributed by atoms with Crippen LogP contribution in [0.2, 0.25) is 0 Å². The lowest BCUT2D eigenvalue weighted by molar-refractivity contribution is -0.119. The Kier molecular flexibility index (Phi) is 5.07.